The highest BCUT2D eigenvalue weighted by atomic mass is 16.5. The average Bonchev–Trinajstić information content (AvgIpc) is 3.32. The van der Waals surface area contributed by atoms with Crippen LogP contribution < -0.4 is 20.1 Å². The van der Waals surface area contributed by atoms with E-state index in [1.54, 1.807) is 31.3 Å². The summed E-state index contributed by atoms with van der Waals surface area (Å²) in [6, 6.07) is 18.1. The summed E-state index contributed by atoms with van der Waals surface area (Å²) in [4.78, 5) is 22.3. The number of aromatic nitrogens is 4. The van der Waals surface area contributed by atoms with E-state index in [-0.39, 0.29) is 5.91 Å². The van der Waals surface area contributed by atoms with Crippen LogP contribution in [0.25, 0.3) is 11.4 Å². The molecule has 0 bridgehead atoms. The zero-order valence-corrected chi connectivity index (χ0v) is 19.5. The maximum Gasteiger partial charge on any atom is 0.255 e. The van der Waals surface area contributed by atoms with Crippen LogP contribution in [-0.4, -0.2) is 39.9 Å². The molecule has 0 radical (unpaired) electrons. The first-order valence-corrected chi connectivity index (χ1v) is 11.0. The first-order valence-electron chi connectivity index (χ1n) is 11.0. The Balaban J connectivity index is 1.58. The summed E-state index contributed by atoms with van der Waals surface area (Å²) in [7, 11) is 3.17. The first kappa shape index (κ1) is 22.1. The second kappa shape index (κ2) is 9.30. The van der Waals surface area contributed by atoms with Gasteiger partial charge in [0.15, 0.2) is 17.3 Å². The Morgan fingerprint density at radius 1 is 1.00 bits per heavy atom. The van der Waals surface area contributed by atoms with E-state index in [9.17, 15) is 4.79 Å². The molecule has 1 atom stereocenters. The monoisotopic (exact) mass is 468 g/mol. The molecule has 5 rings (SSSR count). The van der Waals surface area contributed by atoms with Crippen molar-refractivity contribution in [3.05, 3.63) is 89.9 Å². The zero-order valence-electron chi connectivity index (χ0n) is 19.5. The standard InChI is InChI=1S/C26H24N6O3/c1-16-22(25(33)29-19-7-5-4-6-8-19)23(17-11-13-27-14-12-17)32-26(28-16)30-24(31-32)18-9-10-20(34-2)21(15-18)35-3/h4-15,23H,1-3H3,(H,29,33)(H,28,30,31). The molecule has 2 aromatic heterocycles. The van der Waals surface area contributed by atoms with Gasteiger partial charge in [0.05, 0.1) is 19.8 Å². The minimum absolute atomic E-state index is 0.225. The lowest BCUT2D eigenvalue weighted by molar-refractivity contribution is -0.113. The number of nitrogens with zero attached hydrogens (tertiary/aromatic N) is 4. The van der Waals surface area contributed by atoms with E-state index in [1.807, 2.05) is 67.6 Å². The quantitative estimate of drug-likeness (QED) is 0.435. The lowest BCUT2D eigenvalue weighted by atomic mass is 9.96. The normalized spacial score (nSPS) is 14.7. The summed E-state index contributed by atoms with van der Waals surface area (Å²) in [6.45, 7) is 1.86. The number of carbonyl (C=O) groups excluding carboxylic acids is 1. The van der Waals surface area contributed by atoms with Crippen molar-refractivity contribution >= 4 is 17.5 Å². The number of fused-ring (bicyclic) bond motifs is 1. The summed E-state index contributed by atoms with van der Waals surface area (Å²) < 4.78 is 12.5. The molecule has 0 aliphatic carbocycles. The molecule has 1 unspecified atom stereocenters. The molecule has 9 nitrogen and oxygen atoms in total. The van der Waals surface area contributed by atoms with Crippen LogP contribution in [0.15, 0.2) is 84.3 Å². The van der Waals surface area contributed by atoms with E-state index in [0.29, 0.717) is 40.2 Å². The van der Waals surface area contributed by atoms with E-state index in [0.717, 1.165) is 11.1 Å². The van der Waals surface area contributed by atoms with Gasteiger partial charge in [-0.1, -0.05) is 18.2 Å². The number of para-hydroxylation sites is 1. The van der Waals surface area contributed by atoms with Crippen molar-refractivity contribution in [1.29, 1.82) is 0 Å². The largest absolute Gasteiger partial charge is 0.493 e. The lowest BCUT2D eigenvalue weighted by Crippen LogP contribution is -2.31. The molecule has 0 saturated carbocycles. The van der Waals surface area contributed by atoms with Crippen LogP contribution in [0.3, 0.4) is 0 Å². The molecular weight excluding hydrogens is 444 g/mol. The zero-order chi connectivity index (χ0) is 24.4. The number of anilines is 2. The van der Waals surface area contributed by atoms with Crippen LogP contribution in [-0.2, 0) is 4.79 Å². The van der Waals surface area contributed by atoms with Crippen LogP contribution in [0.4, 0.5) is 11.6 Å². The van der Waals surface area contributed by atoms with E-state index in [2.05, 4.69) is 15.6 Å². The maximum absolute atomic E-state index is 13.5. The van der Waals surface area contributed by atoms with Crippen molar-refractivity contribution in [3.63, 3.8) is 0 Å². The van der Waals surface area contributed by atoms with Gasteiger partial charge < -0.3 is 20.1 Å². The van der Waals surface area contributed by atoms with Gasteiger partial charge in [-0.3, -0.25) is 9.78 Å². The second-order valence-electron chi connectivity index (χ2n) is 7.94. The number of pyridine rings is 1. The van der Waals surface area contributed by atoms with E-state index in [1.165, 1.54) is 0 Å². The summed E-state index contributed by atoms with van der Waals surface area (Å²) in [6.07, 6.45) is 3.40. The van der Waals surface area contributed by atoms with Gasteiger partial charge in [-0.2, -0.15) is 4.98 Å². The molecule has 9 heteroatoms. The molecule has 0 saturated heterocycles. The van der Waals surface area contributed by atoms with Crippen molar-refractivity contribution in [2.24, 2.45) is 0 Å². The van der Waals surface area contributed by atoms with Gasteiger partial charge in [-0.25, -0.2) is 4.68 Å². The molecule has 176 valence electrons. The van der Waals surface area contributed by atoms with Gasteiger partial charge in [0, 0.05) is 29.3 Å². The number of methoxy groups -OCH3 is 2. The van der Waals surface area contributed by atoms with E-state index >= 15 is 0 Å². The van der Waals surface area contributed by atoms with Crippen molar-refractivity contribution < 1.29 is 14.3 Å². The smallest absolute Gasteiger partial charge is 0.255 e. The number of carbonyl (C=O) groups is 1. The minimum Gasteiger partial charge on any atom is -0.493 e. The van der Waals surface area contributed by atoms with Gasteiger partial charge in [-0.05, 0) is 55.0 Å². The predicted molar refractivity (Wildman–Crippen MR) is 132 cm³/mol. The molecule has 1 aliphatic heterocycles. The molecule has 1 amide bonds. The number of benzene rings is 2. The second-order valence-corrected chi connectivity index (χ2v) is 7.94. The Kier molecular flexibility index (Phi) is 5.88. The topological polar surface area (TPSA) is 103 Å². The van der Waals surface area contributed by atoms with Crippen LogP contribution in [0.1, 0.15) is 18.5 Å². The third-order valence-corrected chi connectivity index (χ3v) is 5.79. The van der Waals surface area contributed by atoms with Crippen molar-refractivity contribution in [1.82, 2.24) is 19.7 Å². The molecule has 3 heterocycles. The van der Waals surface area contributed by atoms with Crippen molar-refractivity contribution in [3.8, 4) is 22.9 Å². The number of rotatable bonds is 6. The van der Waals surface area contributed by atoms with Crippen molar-refractivity contribution in [2.45, 2.75) is 13.0 Å². The van der Waals surface area contributed by atoms with Crippen LogP contribution in [0, 0.1) is 0 Å². The summed E-state index contributed by atoms with van der Waals surface area (Å²) >= 11 is 0. The molecule has 35 heavy (non-hydrogen) atoms. The third-order valence-electron chi connectivity index (χ3n) is 5.79. The van der Waals surface area contributed by atoms with Gasteiger partial charge >= 0.3 is 0 Å². The van der Waals surface area contributed by atoms with Crippen LogP contribution in [0.5, 0.6) is 11.5 Å². The molecule has 0 fully saturated rings. The maximum atomic E-state index is 13.5. The highest BCUT2D eigenvalue weighted by Gasteiger charge is 2.34. The highest BCUT2D eigenvalue weighted by Crippen LogP contribution is 2.38. The molecule has 4 aromatic rings. The molecule has 0 spiro atoms. The summed E-state index contributed by atoms with van der Waals surface area (Å²) in [5.74, 6) is 1.99. The third kappa shape index (κ3) is 4.19. The average molecular weight is 469 g/mol. The molecule has 2 aromatic carbocycles. The van der Waals surface area contributed by atoms with Gasteiger partial charge in [-0.15, -0.1) is 5.10 Å². The van der Waals surface area contributed by atoms with Crippen molar-refractivity contribution in [2.75, 3.05) is 24.9 Å². The molecular formula is C26H24N6O3. The van der Waals surface area contributed by atoms with Gasteiger partial charge in [0.2, 0.25) is 5.95 Å². The number of allylic oxidation sites excluding steroid dienone is 1. The summed E-state index contributed by atoms with van der Waals surface area (Å²) in [5.41, 5.74) is 3.56. The van der Waals surface area contributed by atoms with Crippen LogP contribution in [0.2, 0.25) is 0 Å². The summed E-state index contributed by atoms with van der Waals surface area (Å²) in [5, 5.41) is 11.0. The Morgan fingerprint density at radius 2 is 1.74 bits per heavy atom. The number of nitrogens with one attached hydrogen (secondary N) is 2. The van der Waals surface area contributed by atoms with Gasteiger partial charge in [0.1, 0.15) is 6.04 Å². The number of amides is 1. The van der Waals surface area contributed by atoms with E-state index in [4.69, 9.17) is 19.6 Å². The Morgan fingerprint density at radius 3 is 2.46 bits per heavy atom. The molecule has 1 aliphatic rings. The minimum atomic E-state index is -0.501. The predicted octanol–water partition coefficient (Wildman–Crippen LogP) is 4.28. The lowest BCUT2D eigenvalue weighted by Gasteiger charge is -2.28. The first-order chi connectivity index (χ1) is 17.1. The SMILES string of the molecule is COc1ccc(-c2nc3n(n2)C(c2ccncc2)C(C(=O)Nc2ccccc2)=C(C)N3)cc1OC. The van der Waals surface area contributed by atoms with Crippen LogP contribution >= 0.6 is 0 Å². The highest BCUT2D eigenvalue weighted by molar-refractivity contribution is 6.06. The van der Waals surface area contributed by atoms with E-state index < -0.39 is 6.04 Å². The fourth-order valence-corrected chi connectivity index (χ4v) is 4.12. The number of ether oxygens (including phenoxy) is 2. The Bertz CT molecular complexity index is 1400. The van der Waals surface area contributed by atoms with Gasteiger partial charge in [0.25, 0.3) is 5.91 Å². The fourth-order valence-electron chi connectivity index (χ4n) is 4.12. The molecule has 2 N–H and O–H groups in total. The number of hydrogen-bond acceptors (Lipinski definition) is 7. The Hall–Kier alpha value is -4.66. The fraction of sp³-hybridized carbons (Fsp3) is 0.154. The number of hydrogen-bond donors (Lipinski definition) is 2. The Labute approximate surface area is 202 Å².